The Balaban J connectivity index is 5.25. The van der Waals surface area contributed by atoms with Crippen molar-refractivity contribution in [3.05, 3.63) is 0 Å². The molecule has 3 N–H and O–H groups in total. The molecule has 558 valence electrons. The first kappa shape index (κ1) is 92.1. The summed E-state index contributed by atoms with van der Waals surface area (Å²) in [5, 5.41) is 10.6. The highest BCUT2D eigenvalue weighted by atomic mass is 31.2. The zero-order chi connectivity index (χ0) is 69.4. The molecule has 7 atom stereocenters. The van der Waals surface area contributed by atoms with Crippen molar-refractivity contribution in [2.24, 2.45) is 17.8 Å². The maximum Gasteiger partial charge on any atom is 0.472 e. The van der Waals surface area contributed by atoms with Gasteiger partial charge in [-0.15, -0.1) is 0 Å². The minimum Gasteiger partial charge on any atom is -0.462 e. The fourth-order valence-corrected chi connectivity index (χ4v) is 12.9. The molecule has 4 unspecified atom stereocenters. The molecule has 0 amide bonds. The summed E-state index contributed by atoms with van der Waals surface area (Å²) < 4.78 is 68.5. The molecule has 0 saturated carbocycles. The molecule has 0 aliphatic rings. The van der Waals surface area contributed by atoms with Crippen molar-refractivity contribution in [3.63, 3.8) is 0 Å². The number of hydrogen-bond acceptors (Lipinski definition) is 15. The summed E-state index contributed by atoms with van der Waals surface area (Å²) in [5.41, 5.74) is 0. The van der Waals surface area contributed by atoms with Crippen molar-refractivity contribution in [2.45, 2.75) is 401 Å². The number of phosphoric ester groups is 2. The Labute approximate surface area is 575 Å². The van der Waals surface area contributed by atoms with Crippen LogP contribution in [-0.2, 0) is 65.4 Å². The zero-order valence-electron chi connectivity index (χ0n) is 61.4. The van der Waals surface area contributed by atoms with Crippen molar-refractivity contribution in [2.75, 3.05) is 39.6 Å². The number of esters is 4. The monoisotopic (exact) mass is 1380 g/mol. The number of rotatable bonds is 73. The van der Waals surface area contributed by atoms with E-state index < -0.39 is 97.5 Å². The van der Waals surface area contributed by atoms with Gasteiger partial charge in [0.25, 0.3) is 0 Å². The van der Waals surface area contributed by atoms with Gasteiger partial charge in [-0.25, -0.2) is 9.13 Å². The van der Waals surface area contributed by atoms with E-state index in [4.69, 9.17) is 37.0 Å². The van der Waals surface area contributed by atoms with E-state index in [-0.39, 0.29) is 25.7 Å². The van der Waals surface area contributed by atoms with E-state index in [1.807, 2.05) is 0 Å². The van der Waals surface area contributed by atoms with Crippen LogP contribution in [0.2, 0.25) is 0 Å². The fourth-order valence-electron chi connectivity index (χ4n) is 11.4. The molecule has 0 aromatic carbocycles. The third kappa shape index (κ3) is 66.0. The average molecular weight is 1380 g/mol. The number of hydrogen-bond donors (Lipinski definition) is 3. The lowest BCUT2D eigenvalue weighted by atomic mass is 9.99. The molecule has 17 nitrogen and oxygen atoms in total. The lowest BCUT2D eigenvalue weighted by Gasteiger charge is -2.21. The predicted octanol–water partition coefficient (Wildman–Crippen LogP) is 21.8. The van der Waals surface area contributed by atoms with Gasteiger partial charge in [-0.05, 0) is 43.4 Å². The van der Waals surface area contributed by atoms with E-state index in [9.17, 15) is 43.2 Å². The van der Waals surface area contributed by atoms with Crippen LogP contribution in [0.1, 0.15) is 382 Å². The SMILES string of the molecule is CCCCCCCCCCCCC(=O)OC[C@H](COP(=O)(O)OC[C@H](O)COP(=O)(O)OC[C@@H](COC(=O)CCCCCCCCCCCCC(C)CC)OC(=O)CCCCCCCCCCCCCCCCC(C)CC)OC(=O)CCCCCCCCCCCC(C)C. The van der Waals surface area contributed by atoms with Crippen molar-refractivity contribution in [1.29, 1.82) is 0 Å². The Morgan fingerprint density at radius 1 is 0.309 bits per heavy atom. The molecule has 0 heterocycles. The third-order valence-electron chi connectivity index (χ3n) is 18.1. The lowest BCUT2D eigenvalue weighted by Crippen LogP contribution is -2.30. The third-order valence-corrected chi connectivity index (χ3v) is 20.0. The van der Waals surface area contributed by atoms with Crippen molar-refractivity contribution in [3.8, 4) is 0 Å². The average Bonchev–Trinajstić information content (AvgIpc) is 1.77. The van der Waals surface area contributed by atoms with E-state index >= 15 is 0 Å². The molecule has 0 bridgehead atoms. The van der Waals surface area contributed by atoms with Crippen LogP contribution < -0.4 is 0 Å². The van der Waals surface area contributed by atoms with Gasteiger partial charge in [0, 0.05) is 25.7 Å². The van der Waals surface area contributed by atoms with Gasteiger partial charge in [0.2, 0.25) is 0 Å². The van der Waals surface area contributed by atoms with Gasteiger partial charge >= 0.3 is 39.5 Å². The Bertz CT molecular complexity index is 1840. The van der Waals surface area contributed by atoms with Crippen molar-refractivity contribution in [1.82, 2.24) is 0 Å². The molecule has 0 aromatic rings. The second-order valence-electron chi connectivity index (χ2n) is 28.0. The molecule has 0 spiro atoms. The van der Waals surface area contributed by atoms with Crippen LogP contribution in [0.5, 0.6) is 0 Å². The van der Waals surface area contributed by atoms with Crippen LogP contribution in [0.3, 0.4) is 0 Å². The molecule has 0 aromatic heterocycles. The number of carbonyl (C=O) groups excluding carboxylic acids is 4. The molecule has 0 radical (unpaired) electrons. The highest BCUT2D eigenvalue weighted by molar-refractivity contribution is 7.47. The number of aliphatic hydroxyl groups excluding tert-OH is 1. The molecule has 94 heavy (non-hydrogen) atoms. The van der Waals surface area contributed by atoms with Gasteiger partial charge < -0.3 is 33.8 Å². The number of phosphoric acid groups is 2. The van der Waals surface area contributed by atoms with Crippen molar-refractivity contribution >= 4 is 39.5 Å². The number of ether oxygens (including phenoxy) is 4. The highest BCUT2D eigenvalue weighted by Crippen LogP contribution is 2.45. The first-order chi connectivity index (χ1) is 45.3. The summed E-state index contributed by atoms with van der Waals surface area (Å²) in [6.07, 6.45) is 51.1. The summed E-state index contributed by atoms with van der Waals surface area (Å²) >= 11 is 0. The zero-order valence-corrected chi connectivity index (χ0v) is 63.2. The van der Waals surface area contributed by atoms with Crippen LogP contribution in [0.4, 0.5) is 0 Å². The summed E-state index contributed by atoms with van der Waals surface area (Å²) in [6, 6.07) is 0. The van der Waals surface area contributed by atoms with Gasteiger partial charge in [-0.2, -0.15) is 0 Å². The minimum absolute atomic E-state index is 0.105. The second-order valence-corrected chi connectivity index (χ2v) is 30.9. The van der Waals surface area contributed by atoms with Crippen LogP contribution in [0, 0.1) is 17.8 Å². The molecule has 0 saturated heterocycles. The maximum atomic E-state index is 13.1. The fraction of sp³-hybridized carbons (Fsp3) is 0.947. The van der Waals surface area contributed by atoms with Crippen LogP contribution >= 0.6 is 15.6 Å². The maximum absolute atomic E-state index is 13.1. The Kier molecular flexibility index (Phi) is 64.3. The van der Waals surface area contributed by atoms with E-state index in [0.717, 1.165) is 108 Å². The van der Waals surface area contributed by atoms with Gasteiger partial charge in [-0.3, -0.25) is 37.3 Å². The normalized spacial score (nSPS) is 14.7. The summed E-state index contributed by atoms with van der Waals surface area (Å²) in [6.45, 7) is 11.9. The van der Waals surface area contributed by atoms with Crippen molar-refractivity contribution < 1.29 is 80.2 Å². The number of unbranched alkanes of at least 4 members (excludes halogenated alkanes) is 39. The molecule has 0 aliphatic carbocycles. The predicted molar refractivity (Wildman–Crippen MR) is 381 cm³/mol. The molecule has 0 rings (SSSR count). The molecular formula is C75H146O17P2. The van der Waals surface area contributed by atoms with Crippen LogP contribution in [0.25, 0.3) is 0 Å². The van der Waals surface area contributed by atoms with Gasteiger partial charge in [0.1, 0.15) is 19.3 Å². The van der Waals surface area contributed by atoms with E-state index in [2.05, 4.69) is 48.5 Å². The Hall–Kier alpha value is -1.94. The Morgan fingerprint density at radius 3 is 0.809 bits per heavy atom. The van der Waals surface area contributed by atoms with Crippen LogP contribution in [-0.4, -0.2) is 96.7 Å². The summed E-state index contributed by atoms with van der Waals surface area (Å²) in [7, 11) is -9.91. The van der Waals surface area contributed by atoms with E-state index in [1.165, 1.54) is 193 Å². The van der Waals surface area contributed by atoms with Gasteiger partial charge in [-0.1, -0.05) is 331 Å². The standard InChI is InChI=1S/C75H146O17P2/c1-8-11-12-13-14-15-28-35-42-49-56-72(77)85-62-71(92-75(80)59-52-45-38-31-24-25-32-39-46-53-66(4)5)65-90-94(83,84)88-61-69(76)60-87-93(81,82)89-64-70(63-86-73(78)57-50-43-36-29-23-22-27-34-41-48-55-68(7)10-3)91-74(79)58-51-44-37-30-21-19-17-16-18-20-26-33-40-47-54-67(6)9-2/h66-71,76H,8-65H2,1-7H3,(H,81,82)(H,83,84)/t67?,68?,69-,70-,71-/m1/s1. The largest absolute Gasteiger partial charge is 0.472 e. The molecule has 19 heteroatoms. The quantitative estimate of drug-likeness (QED) is 0.0222. The topological polar surface area (TPSA) is 237 Å². The smallest absolute Gasteiger partial charge is 0.462 e. The molecule has 0 fully saturated rings. The lowest BCUT2D eigenvalue weighted by molar-refractivity contribution is -0.161. The summed E-state index contributed by atoms with van der Waals surface area (Å²) in [4.78, 5) is 72.8. The molecular weight excluding hydrogens is 1230 g/mol. The van der Waals surface area contributed by atoms with E-state index in [1.54, 1.807) is 0 Å². The number of carbonyl (C=O) groups is 4. The first-order valence-electron chi connectivity index (χ1n) is 38.9. The van der Waals surface area contributed by atoms with Crippen LogP contribution in [0.15, 0.2) is 0 Å². The number of aliphatic hydroxyl groups is 1. The summed E-state index contributed by atoms with van der Waals surface area (Å²) in [5.74, 6) is 0.273. The van der Waals surface area contributed by atoms with Gasteiger partial charge in [0.15, 0.2) is 12.2 Å². The first-order valence-corrected chi connectivity index (χ1v) is 41.9. The minimum atomic E-state index is -4.96. The molecule has 0 aliphatic heterocycles. The second kappa shape index (κ2) is 65.7. The Morgan fingerprint density at radius 2 is 0.543 bits per heavy atom. The van der Waals surface area contributed by atoms with Gasteiger partial charge in [0.05, 0.1) is 26.4 Å². The highest BCUT2D eigenvalue weighted by Gasteiger charge is 2.30. The van der Waals surface area contributed by atoms with E-state index in [0.29, 0.717) is 25.7 Å².